The van der Waals surface area contributed by atoms with E-state index in [1.165, 1.54) is 17.4 Å². The van der Waals surface area contributed by atoms with Crippen molar-refractivity contribution in [2.45, 2.75) is 19.6 Å². The summed E-state index contributed by atoms with van der Waals surface area (Å²) in [6, 6.07) is 6.21. The molecule has 0 saturated carbocycles. The zero-order valence-corrected chi connectivity index (χ0v) is 9.49. The highest BCUT2D eigenvalue weighted by atomic mass is 32.2. The fourth-order valence-corrected chi connectivity index (χ4v) is 2.12. The van der Waals surface area contributed by atoms with Crippen LogP contribution in [-0.2, 0) is 29.5 Å². The summed E-state index contributed by atoms with van der Waals surface area (Å²) in [5.74, 6) is 0. The van der Waals surface area contributed by atoms with E-state index < -0.39 is 9.92 Å². The number of rotatable bonds is 3. The third kappa shape index (κ3) is 2.77. The van der Waals surface area contributed by atoms with Crippen LogP contribution < -0.4 is 10.0 Å². The molecule has 0 aromatic heterocycles. The summed E-state index contributed by atoms with van der Waals surface area (Å²) in [4.78, 5) is 0. The van der Waals surface area contributed by atoms with E-state index in [2.05, 4.69) is 22.2 Å². The van der Waals surface area contributed by atoms with Crippen LogP contribution in [0.2, 0.25) is 0 Å². The van der Waals surface area contributed by atoms with Crippen molar-refractivity contribution in [1.82, 2.24) is 10.0 Å². The van der Waals surface area contributed by atoms with Crippen molar-refractivity contribution in [3.8, 4) is 0 Å². The maximum absolute atomic E-state index is 11.1. The van der Waals surface area contributed by atoms with E-state index in [-0.39, 0.29) is 0 Å². The summed E-state index contributed by atoms with van der Waals surface area (Å²) in [5, 5.41) is 3.27. The van der Waals surface area contributed by atoms with Crippen molar-refractivity contribution in [2.75, 3.05) is 6.26 Å². The lowest BCUT2D eigenvalue weighted by Crippen LogP contribution is -2.19. The summed E-state index contributed by atoms with van der Waals surface area (Å²) >= 11 is 0. The molecule has 0 aliphatic carbocycles. The molecule has 0 spiro atoms. The molecule has 0 radical (unpaired) electrons. The third-order valence-electron chi connectivity index (χ3n) is 2.45. The first-order valence-corrected chi connectivity index (χ1v) is 6.81. The van der Waals surface area contributed by atoms with Crippen molar-refractivity contribution < 1.29 is 4.21 Å². The predicted molar refractivity (Wildman–Crippen MR) is 60.6 cm³/mol. The summed E-state index contributed by atoms with van der Waals surface area (Å²) in [7, 11) is -2.60. The largest absolute Gasteiger partial charge is 0.309 e. The Morgan fingerprint density at radius 2 is 2.20 bits per heavy atom. The van der Waals surface area contributed by atoms with Gasteiger partial charge in [0.05, 0.1) is 0 Å². The van der Waals surface area contributed by atoms with Gasteiger partial charge in [-0.15, -0.1) is 0 Å². The predicted octanol–water partition coefficient (Wildman–Crippen LogP) is 0.971. The third-order valence-corrected chi connectivity index (χ3v) is 3.15. The monoisotopic (exact) mass is 225 g/mol. The first-order chi connectivity index (χ1) is 7.04. The molecule has 1 unspecified atom stereocenters. The maximum atomic E-state index is 11.1. The topological polar surface area (TPSA) is 65.0 Å². The van der Waals surface area contributed by atoms with E-state index in [1.807, 2.05) is 6.07 Å². The van der Waals surface area contributed by atoms with E-state index >= 15 is 0 Å². The van der Waals surface area contributed by atoms with Crippen LogP contribution >= 0.6 is 0 Å². The fraction of sp³-hybridized carbons (Fsp3) is 0.400. The lowest BCUT2D eigenvalue weighted by Gasteiger charge is -2.06. The number of hydrogen-bond acceptors (Lipinski definition) is 3. The maximum Gasteiger partial charge on any atom is 0.102 e. The zero-order valence-electron chi connectivity index (χ0n) is 8.67. The van der Waals surface area contributed by atoms with Crippen LogP contribution in [0.3, 0.4) is 0 Å². The highest BCUT2D eigenvalue weighted by Gasteiger charge is 2.09. The van der Waals surface area contributed by atoms with Crippen molar-refractivity contribution >= 4 is 9.92 Å². The van der Waals surface area contributed by atoms with Gasteiger partial charge in [0, 0.05) is 25.9 Å². The molecule has 1 aliphatic heterocycles. The number of nitrogens with one attached hydrogen (secondary N) is 3. The molecule has 1 aromatic carbocycles. The first-order valence-electron chi connectivity index (χ1n) is 4.84. The van der Waals surface area contributed by atoms with Gasteiger partial charge in [-0.05, 0) is 16.7 Å². The van der Waals surface area contributed by atoms with Gasteiger partial charge >= 0.3 is 0 Å². The molecule has 0 amide bonds. The molecule has 3 N–H and O–H groups in total. The highest BCUT2D eigenvalue weighted by Crippen LogP contribution is 2.16. The minimum atomic E-state index is -2.60. The van der Waals surface area contributed by atoms with Crippen LogP contribution in [-0.4, -0.2) is 10.5 Å². The summed E-state index contributed by atoms with van der Waals surface area (Å²) < 4.78 is 21.1. The Bertz CT molecular complexity index is 468. The number of benzene rings is 1. The van der Waals surface area contributed by atoms with Crippen molar-refractivity contribution in [2.24, 2.45) is 0 Å². The molecule has 5 heteroatoms. The van der Waals surface area contributed by atoms with E-state index in [0.717, 1.165) is 18.7 Å². The van der Waals surface area contributed by atoms with Gasteiger partial charge in [0.15, 0.2) is 0 Å². The number of fused-ring (bicyclic) bond motifs is 1. The van der Waals surface area contributed by atoms with Crippen LogP contribution in [0.25, 0.3) is 0 Å². The smallest absolute Gasteiger partial charge is 0.102 e. The Morgan fingerprint density at radius 3 is 2.93 bits per heavy atom. The second-order valence-electron chi connectivity index (χ2n) is 3.87. The highest BCUT2D eigenvalue weighted by molar-refractivity contribution is 7.89. The standard InChI is InChI=1S/C10H15N3OS/c1-15(11,14)13-5-8-2-3-9-6-12-7-10(9)4-8/h2-4,12H,5-7H2,1H3,(H2,11,13,14). The van der Waals surface area contributed by atoms with E-state index in [1.54, 1.807) is 0 Å². The lowest BCUT2D eigenvalue weighted by atomic mass is 10.1. The van der Waals surface area contributed by atoms with Gasteiger partial charge in [-0.1, -0.05) is 18.2 Å². The molecule has 1 aliphatic rings. The summed E-state index contributed by atoms with van der Waals surface area (Å²) in [5.41, 5.74) is 3.73. The van der Waals surface area contributed by atoms with Crippen LogP contribution in [0.5, 0.6) is 0 Å². The summed E-state index contributed by atoms with van der Waals surface area (Å²) in [6.07, 6.45) is 1.39. The van der Waals surface area contributed by atoms with Gasteiger partial charge in [0.25, 0.3) is 0 Å². The minimum absolute atomic E-state index is 0.492. The van der Waals surface area contributed by atoms with Gasteiger partial charge in [0.2, 0.25) is 0 Å². The Morgan fingerprint density at radius 1 is 1.47 bits per heavy atom. The molecule has 82 valence electrons. The number of hydrogen-bond donors (Lipinski definition) is 3. The Labute approximate surface area is 90.2 Å². The molecule has 1 heterocycles. The van der Waals surface area contributed by atoms with Gasteiger partial charge in [0.1, 0.15) is 9.92 Å². The Hall–Kier alpha value is -0.910. The molecule has 0 saturated heterocycles. The van der Waals surface area contributed by atoms with Crippen molar-refractivity contribution in [1.29, 1.82) is 4.78 Å². The molecule has 0 bridgehead atoms. The fourth-order valence-electron chi connectivity index (χ4n) is 1.68. The zero-order chi connectivity index (χ0) is 10.9. The van der Waals surface area contributed by atoms with E-state index in [9.17, 15) is 4.21 Å². The molecule has 2 rings (SSSR count). The lowest BCUT2D eigenvalue weighted by molar-refractivity contribution is 0.666. The van der Waals surface area contributed by atoms with Gasteiger partial charge < -0.3 is 5.32 Å². The molecular weight excluding hydrogens is 210 g/mol. The van der Waals surface area contributed by atoms with Crippen LogP contribution in [0.4, 0.5) is 0 Å². The molecule has 4 nitrogen and oxygen atoms in total. The second-order valence-corrected chi connectivity index (χ2v) is 5.85. The van der Waals surface area contributed by atoms with Gasteiger partial charge in [-0.25, -0.2) is 13.7 Å². The average molecular weight is 225 g/mol. The average Bonchev–Trinajstić information content (AvgIpc) is 2.60. The Balaban J connectivity index is 2.10. The first kappa shape index (κ1) is 10.6. The SMILES string of the molecule is CS(=N)(=O)NCc1ccc2c(c1)CNC2. The van der Waals surface area contributed by atoms with Crippen molar-refractivity contribution in [3.05, 3.63) is 34.9 Å². The minimum Gasteiger partial charge on any atom is -0.309 e. The molecule has 1 atom stereocenters. The van der Waals surface area contributed by atoms with Gasteiger partial charge in [-0.3, -0.25) is 0 Å². The normalized spacial score (nSPS) is 18.5. The van der Waals surface area contributed by atoms with E-state index in [4.69, 9.17) is 4.78 Å². The molecule has 0 fully saturated rings. The molecule has 15 heavy (non-hydrogen) atoms. The Kier molecular flexibility index (Phi) is 2.77. The van der Waals surface area contributed by atoms with E-state index in [0.29, 0.717) is 6.54 Å². The molecular formula is C10H15N3OS. The second kappa shape index (κ2) is 3.92. The van der Waals surface area contributed by atoms with Crippen LogP contribution in [0.1, 0.15) is 16.7 Å². The summed E-state index contributed by atoms with van der Waals surface area (Å²) in [6.45, 7) is 2.34. The van der Waals surface area contributed by atoms with Gasteiger partial charge in [-0.2, -0.15) is 0 Å². The van der Waals surface area contributed by atoms with Crippen LogP contribution in [0, 0.1) is 4.78 Å². The molecule has 1 aromatic rings. The van der Waals surface area contributed by atoms with Crippen molar-refractivity contribution in [3.63, 3.8) is 0 Å². The quantitative estimate of drug-likeness (QED) is 0.717. The van der Waals surface area contributed by atoms with Crippen LogP contribution in [0.15, 0.2) is 18.2 Å².